The summed E-state index contributed by atoms with van der Waals surface area (Å²) in [6, 6.07) is 5.19. The Bertz CT molecular complexity index is 568. The van der Waals surface area contributed by atoms with Crippen LogP contribution in [0.2, 0.25) is 0 Å². The number of hydrogen-bond acceptors (Lipinski definition) is 4. The van der Waals surface area contributed by atoms with Crippen molar-refractivity contribution in [2.24, 2.45) is 0 Å². The Hall–Kier alpha value is -1.81. The van der Waals surface area contributed by atoms with Crippen LogP contribution in [0.5, 0.6) is 0 Å². The second-order valence-electron chi connectivity index (χ2n) is 5.34. The van der Waals surface area contributed by atoms with Crippen LogP contribution in [0.3, 0.4) is 0 Å². The van der Waals surface area contributed by atoms with Crippen LogP contribution in [-0.2, 0) is 0 Å². The average Bonchev–Trinajstić information content (AvgIpc) is 2.60. The van der Waals surface area contributed by atoms with Gasteiger partial charge in [-0.05, 0) is 31.9 Å². The number of pyridine rings is 1. The maximum absolute atomic E-state index is 12.9. The third-order valence-electron chi connectivity index (χ3n) is 3.73. The Morgan fingerprint density at radius 3 is 2.67 bits per heavy atom. The van der Waals surface area contributed by atoms with Gasteiger partial charge < -0.3 is 10.0 Å². The zero-order valence-electron chi connectivity index (χ0n) is 11.6. The van der Waals surface area contributed by atoms with Crippen LogP contribution >= 0.6 is 0 Å². The molecule has 0 saturated carbocycles. The van der Waals surface area contributed by atoms with Gasteiger partial charge in [0.25, 0.3) is 0 Å². The van der Waals surface area contributed by atoms with E-state index in [-0.39, 0.29) is 19.4 Å². The van der Waals surface area contributed by atoms with Crippen molar-refractivity contribution in [1.82, 2.24) is 4.98 Å². The molecule has 0 aromatic carbocycles. The van der Waals surface area contributed by atoms with Crippen LogP contribution in [0.1, 0.15) is 30.5 Å². The zero-order chi connectivity index (χ0) is 15.7. The second kappa shape index (κ2) is 5.53. The third kappa shape index (κ3) is 3.27. The predicted octanol–water partition coefficient (Wildman–Crippen LogP) is 2.55. The van der Waals surface area contributed by atoms with E-state index in [0.717, 1.165) is 0 Å². The molecule has 1 N–H and O–H groups in total. The predicted molar refractivity (Wildman–Crippen MR) is 70.8 cm³/mol. The van der Waals surface area contributed by atoms with Gasteiger partial charge in [-0.15, -0.1) is 0 Å². The standard InChI is InChI=1S/C14H16F3N3O/c1-10-7-11(9-18)8-12(19-10)20-5-2-3-13(21,4-6-20)14(15,16)17/h7-8,21H,2-6H2,1H3. The fraction of sp³-hybridized carbons (Fsp3) is 0.571. The molecule has 21 heavy (non-hydrogen) atoms. The Labute approximate surface area is 120 Å². The zero-order valence-corrected chi connectivity index (χ0v) is 11.6. The molecule has 0 bridgehead atoms. The van der Waals surface area contributed by atoms with Gasteiger partial charge in [0.05, 0.1) is 11.6 Å². The molecule has 2 rings (SSSR count). The number of nitriles is 1. The highest BCUT2D eigenvalue weighted by Gasteiger charge is 2.53. The van der Waals surface area contributed by atoms with Crippen molar-refractivity contribution in [2.45, 2.75) is 38.0 Å². The van der Waals surface area contributed by atoms with E-state index in [0.29, 0.717) is 23.6 Å². The van der Waals surface area contributed by atoms with Crippen LogP contribution in [-0.4, -0.2) is 35.0 Å². The van der Waals surface area contributed by atoms with Gasteiger partial charge in [-0.25, -0.2) is 4.98 Å². The molecule has 1 fully saturated rings. The molecule has 0 spiro atoms. The summed E-state index contributed by atoms with van der Waals surface area (Å²) in [5.74, 6) is 0.484. The fourth-order valence-corrected chi connectivity index (χ4v) is 2.51. The molecule has 1 aliphatic rings. The van der Waals surface area contributed by atoms with Crippen LogP contribution in [0.4, 0.5) is 19.0 Å². The first-order chi connectivity index (χ1) is 9.75. The van der Waals surface area contributed by atoms with E-state index in [9.17, 15) is 18.3 Å². The lowest BCUT2D eigenvalue weighted by Crippen LogP contribution is -2.45. The number of aliphatic hydroxyl groups is 1. The molecule has 1 aromatic rings. The van der Waals surface area contributed by atoms with Gasteiger partial charge in [0.2, 0.25) is 0 Å². The van der Waals surface area contributed by atoms with Crippen molar-refractivity contribution in [3.63, 3.8) is 0 Å². The molecule has 1 atom stereocenters. The minimum atomic E-state index is -4.62. The number of rotatable bonds is 1. The Balaban J connectivity index is 2.21. The van der Waals surface area contributed by atoms with Crippen molar-refractivity contribution in [3.05, 3.63) is 23.4 Å². The molecule has 7 heteroatoms. The maximum Gasteiger partial charge on any atom is 0.417 e. The van der Waals surface area contributed by atoms with Crippen molar-refractivity contribution < 1.29 is 18.3 Å². The first-order valence-corrected chi connectivity index (χ1v) is 6.68. The van der Waals surface area contributed by atoms with Crippen molar-refractivity contribution >= 4 is 5.82 Å². The van der Waals surface area contributed by atoms with E-state index >= 15 is 0 Å². The highest BCUT2D eigenvalue weighted by Crippen LogP contribution is 2.38. The van der Waals surface area contributed by atoms with Gasteiger partial charge in [-0.2, -0.15) is 18.4 Å². The number of alkyl halides is 3. The summed E-state index contributed by atoms with van der Waals surface area (Å²) < 4.78 is 38.7. The first kappa shape index (κ1) is 15.6. The normalized spacial score (nSPS) is 23.5. The van der Waals surface area contributed by atoms with Crippen molar-refractivity contribution in [2.75, 3.05) is 18.0 Å². The molecule has 2 heterocycles. The maximum atomic E-state index is 12.9. The lowest BCUT2D eigenvalue weighted by molar-refractivity contribution is -0.263. The number of halogens is 3. The van der Waals surface area contributed by atoms with Gasteiger partial charge in [-0.1, -0.05) is 0 Å². The van der Waals surface area contributed by atoms with Gasteiger partial charge in [0.15, 0.2) is 5.60 Å². The number of hydrogen-bond donors (Lipinski definition) is 1. The number of anilines is 1. The molecule has 114 valence electrons. The SMILES string of the molecule is Cc1cc(C#N)cc(N2CCCC(O)(C(F)(F)F)CC2)n1. The minimum Gasteiger partial charge on any atom is -0.380 e. The van der Waals surface area contributed by atoms with E-state index in [1.807, 2.05) is 6.07 Å². The molecular formula is C14H16F3N3O. The first-order valence-electron chi connectivity index (χ1n) is 6.68. The average molecular weight is 299 g/mol. The summed E-state index contributed by atoms with van der Waals surface area (Å²) in [5, 5.41) is 18.7. The quantitative estimate of drug-likeness (QED) is 0.865. The van der Waals surface area contributed by atoms with Crippen LogP contribution < -0.4 is 4.90 Å². The number of aryl methyl sites for hydroxylation is 1. The van der Waals surface area contributed by atoms with Gasteiger partial charge in [0.1, 0.15) is 5.82 Å². The Morgan fingerprint density at radius 2 is 2.05 bits per heavy atom. The molecule has 0 radical (unpaired) electrons. The summed E-state index contributed by atoms with van der Waals surface area (Å²) >= 11 is 0. The van der Waals surface area contributed by atoms with Gasteiger partial charge in [0, 0.05) is 25.2 Å². The monoisotopic (exact) mass is 299 g/mol. The van der Waals surface area contributed by atoms with E-state index in [1.54, 1.807) is 24.0 Å². The van der Waals surface area contributed by atoms with Crippen LogP contribution in [0.25, 0.3) is 0 Å². The van der Waals surface area contributed by atoms with E-state index in [2.05, 4.69) is 4.98 Å². The molecule has 1 aromatic heterocycles. The molecule has 1 aliphatic heterocycles. The summed E-state index contributed by atoms with van der Waals surface area (Å²) in [5.41, 5.74) is -1.57. The topological polar surface area (TPSA) is 60.2 Å². The molecule has 0 amide bonds. The smallest absolute Gasteiger partial charge is 0.380 e. The summed E-state index contributed by atoms with van der Waals surface area (Å²) in [7, 11) is 0. The molecule has 4 nitrogen and oxygen atoms in total. The third-order valence-corrected chi connectivity index (χ3v) is 3.73. The summed E-state index contributed by atoms with van der Waals surface area (Å²) in [6.45, 7) is 2.16. The highest BCUT2D eigenvalue weighted by atomic mass is 19.4. The summed E-state index contributed by atoms with van der Waals surface area (Å²) in [4.78, 5) is 5.96. The van der Waals surface area contributed by atoms with Crippen molar-refractivity contribution in [3.8, 4) is 6.07 Å². The lowest BCUT2D eigenvalue weighted by Gasteiger charge is -2.29. The Morgan fingerprint density at radius 1 is 1.33 bits per heavy atom. The fourth-order valence-electron chi connectivity index (χ4n) is 2.51. The van der Waals surface area contributed by atoms with Gasteiger partial charge in [-0.3, -0.25) is 0 Å². The van der Waals surface area contributed by atoms with E-state index in [4.69, 9.17) is 5.26 Å². The summed E-state index contributed by atoms with van der Waals surface area (Å²) in [6.07, 6.45) is -5.12. The van der Waals surface area contributed by atoms with Crippen molar-refractivity contribution in [1.29, 1.82) is 5.26 Å². The van der Waals surface area contributed by atoms with Crippen LogP contribution in [0, 0.1) is 18.3 Å². The number of nitrogens with zero attached hydrogens (tertiary/aromatic N) is 3. The van der Waals surface area contributed by atoms with E-state index < -0.39 is 18.2 Å². The minimum absolute atomic E-state index is 0.0529. The second-order valence-corrected chi connectivity index (χ2v) is 5.34. The molecule has 1 saturated heterocycles. The molecule has 1 unspecified atom stereocenters. The largest absolute Gasteiger partial charge is 0.417 e. The highest BCUT2D eigenvalue weighted by molar-refractivity contribution is 5.46. The van der Waals surface area contributed by atoms with Gasteiger partial charge >= 0.3 is 6.18 Å². The van der Waals surface area contributed by atoms with Crippen LogP contribution in [0.15, 0.2) is 12.1 Å². The lowest BCUT2D eigenvalue weighted by atomic mass is 9.94. The Kier molecular flexibility index (Phi) is 4.10. The van der Waals surface area contributed by atoms with E-state index in [1.165, 1.54) is 0 Å². The molecular weight excluding hydrogens is 283 g/mol. The number of aromatic nitrogens is 1. The molecule has 0 aliphatic carbocycles.